The van der Waals surface area contributed by atoms with E-state index in [0.29, 0.717) is 17.9 Å². The van der Waals surface area contributed by atoms with Crippen LogP contribution in [0.1, 0.15) is 49.8 Å². The maximum Gasteiger partial charge on any atom is 0.410 e. The summed E-state index contributed by atoms with van der Waals surface area (Å²) in [7, 11) is 0. The topological polar surface area (TPSA) is 84.7 Å². The van der Waals surface area contributed by atoms with Crippen LogP contribution in [0.15, 0.2) is 78.9 Å². The number of nitrogen functional groups attached to an aromatic ring is 1. The molecule has 2 unspecified atom stereocenters. The van der Waals surface area contributed by atoms with Gasteiger partial charge in [-0.25, -0.2) is 9.18 Å². The summed E-state index contributed by atoms with van der Waals surface area (Å²) < 4.78 is 19.0. The molecule has 2 atom stereocenters. The van der Waals surface area contributed by atoms with Gasteiger partial charge in [0.15, 0.2) is 0 Å². The lowest BCUT2D eigenvalue weighted by Gasteiger charge is -2.28. The molecule has 1 aliphatic carbocycles. The number of nitrogens with one attached hydrogen (secondary N) is 1. The van der Waals surface area contributed by atoms with Crippen molar-refractivity contribution < 1.29 is 18.7 Å². The van der Waals surface area contributed by atoms with Crippen molar-refractivity contribution in [2.45, 2.75) is 51.3 Å². The van der Waals surface area contributed by atoms with Crippen molar-refractivity contribution in [3.63, 3.8) is 0 Å². The van der Waals surface area contributed by atoms with Gasteiger partial charge in [-0.2, -0.15) is 0 Å². The van der Waals surface area contributed by atoms with Gasteiger partial charge in [0.05, 0.1) is 11.4 Å². The van der Waals surface area contributed by atoms with Crippen LogP contribution >= 0.6 is 0 Å². The lowest BCUT2D eigenvalue weighted by atomic mass is 10.1. The van der Waals surface area contributed by atoms with E-state index in [1.54, 1.807) is 47.4 Å². The molecule has 1 saturated carbocycles. The fourth-order valence-electron chi connectivity index (χ4n) is 4.12. The molecule has 4 rings (SSSR count). The van der Waals surface area contributed by atoms with Crippen molar-refractivity contribution in [2.75, 3.05) is 11.1 Å². The lowest BCUT2D eigenvalue weighted by Crippen LogP contribution is -2.38. The van der Waals surface area contributed by atoms with Crippen molar-refractivity contribution >= 4 is 29.5 Å². The molecular formula is C30H32FN3O3. The number of nitrogens with two attached hydrogens (primary N) is 1. The van der Waals surface area contributed by atoms with Crippen LogP contribution in [0.4, 0.5) is 20.6 Å². The van der Waals surface area contributed by atoms with Gasteiger partial charge in [-0.15, -0.1) is 0 Å². The van der Waals surface area contributed by atoms with E-state index in [2.05, 4.69) is 5.32 Å². The molecule has 3 N–H and O–H groups in total. The molecule has 7 heteroatoms. The Labute approximate surface area is 216 Å². The molecule has 0 radical (unpaired) electrons. The normalized spacial score (nSPS) is 16.9. The van der Waals surface area contributed by atoms with Crippen LogP contribution in [-0.4, -0.2) is 28.5 Å². The Bertz CT molecular complexity index is 1280. The number of ether oxygens (including phenoxy) is 1. The number of rotatable bonds is 7. The number of nitrogens with zero attached hydrogens (tertiary/aromatic N) is 1. The SMILES string of the molecule is CC(C)(C)OC(=O)N(Cc1ccc(C=CC(=O)Nc2ccccc2N)cc1)C1CC1c1ccc(F)cc1. The summed E-state index contributed by atoms with van der Waals surface area (Å²) in [5.74, 6) is -0.410. The van der Waals surface area contributed by atoms with Gasteiger partial charge in [0.2, 0.25) is 5.91 Å². The predicted molar refractivity (Wildman–Crippen MR) is 144 cm³/mol. The highest BCUT2D eigenvalue weighted by Gasteiger charge is 2.46. The highest BCUT2D eigenvalue weighted by atomic mass is 19.1. The van der Waals surface area contributed by atoms with Gasteiger partial charge in [0.1, 0.15) is 11.4 Å². The number of anilines is 2. The van der Waals surface area contributed by atoms with Crippen LogP contribution < -0.4 is 11.1 Å². The minimum atomic E-state index is -0.616. The van der Waals surface area contributed by atoms with Crippen LogP contribution in [0.25, 0.3) is 6.08 Å². The van der Waals surface area contributed by atoms with Crippen LogP contribution in [-0.2, 0) is 16.1 Å². The van der Waals surface area contributed by atoms with Crippen LogP contribution in [0.5, 0.6) is 0 Å². The van der Waals surface area contributed by atoms with E-state index >= 15 is 0 Å². The molecule has 2 amide bonds. The fourth-order valence-corrected chi connectivity index (χ4v) is 4.12. The molecule has 6 nitrogen and oxygen atoms in total. The van der Waals surface area contributed by atoms with Crippen LogP contribution in [0.3, 0.4) is 0 Å². The fraction of sp³-hybridized carbons (Fsp3) is 0.267. The standard InChI is InChI=1S/C30H32FN3O3/c1-30(2,3)37-29(36)34(27-18-24(27)22-13-15-23(31)16-14-22)19-21-10-8-20(9-11-21)12-17-28(35)33-26-7-5-4-6-25(26)32/h4-17,24,27H,18-19,32H2,1-3H3,(H,33,35). The Morgan fingerprint density at radius 1 is 1.05 bits per heavy atom. The van der Waals surface area contributed by atoms with Gasteiger partial charge in [0.25, 0.3) is 0 Å². The molecule has 1 aliphatic rings. The van der Waals surface area contributed by atoms with Gasteiger partial charge >= 0.3 is 6.09 Å². The monoisotopic (exact) mass is 501 g/mol. The largest absolute Gasteiger partial charge is 0.444 e. The van der Waals surface area contributed by atoms with Crippen molar-refractivity contribution in [2.24, 2.45) is 0 Å². The number of hydrogen-bond donors (Lipinski definition) is 2. The number of hydrogen-bond acceptors (Lipinski definition) is 4. The van der Waals surface area contributed by atoms with E-state index in [9.17, 15) is 14.0 Å². The highest BCUT2D eigenvalue weighted by Crippen LogP contribution is 2.45. The molecule has 0 bridgehead atoms. The third kappa shape index (κ3) is 7.19. The molecule has 3 aromatic rings. The van der Waals surface area contributed by atoms with Crippen molar-refractivity contribution in [1.82, 2.24) is 4.90 Å². The third-order valence-electron chi connectivity index (χ3n) is 6.06. The van der Waals surface area contributed by atoms with Gasteiger partial charge in [-0.3, -0.25) is 4.79 Å². The number of amides is 2. The highest BCUT2D eigenvalue weighted by molar-refractivity contribution is 6.03. The molecule has 0 aromatic heterocycles. The van der Waals surface area contributed by atoms with E-state index in [1.807, 2.05) is 45.0 Å². The number of para-hydroxylation sites is 2. The minimum Gasteiger partial charge on any atom is -0.444 e. The van der Waals surface area contributed by atoms with Crippen molar-refractivity contribution in [1.29, 1.82) is 0 Å². The van der Waals surface area contributed by atoms with E-state index < -0.39 is 5.60 Å². The number of benzene rings is 3. The molecule has 0 saturated heterocycles. The summed E-state index contributed by atoms with van der Waals surface area (Å²) in [6, 6.07) is 21.2. The zero-order valence-corrected chi connectivity index (χ0v) is 21.3. The van der Waals surface area contributed by atoms with Crippen LogP contribution in [0.2, 0.25) is 0 Å². The second-order valence-electron chi connectivity index (χ2n) is 10.2. The van der Waals surface area contributed by atoms with E-state index in [0.717, 1.165) is 23.1 Å². The molecule has 192 valence electrons. The molecule has 0 heterocycles. The Morgan fingerprint density at radius 2 is 1.73 bits per heavy atom. The van der Waals surface area contributed by atoms with E-state index in [-0.39, 0.29) is 29.8 Å². The minimum absolute atomic E-state index is 0.0194. The Balaban J connectivity index is 1.42. The predicted octanol–water partition coefficient (Wildman–Crippen LogP) is 6.35. The van der Waals surface area contributed by atoms with Gasteiger partial charge < -0.3 is 20.7 Å². The maximum atomic E-state index is 13.4. The van der Waals surface area contributed by atoms with E-state index in [4.69, 9.17) is 10.5 Å². The molecule has 3 aromatic carbocycles. The average molecular weight is 502 g/mol. The molecule has 0 spiro atoms. The van der Waals surface area contributed by atoms with Gasteiger partial charge in [-0.1, -0.05) is 48.5 Å². The Kier molecular flexibility index (Phi) is 7.62. The van der Waals surface area contributed by atoms with Crippen LogP contribution in [0, 0.1) is 5.82 Å². The molecule has 0 aliphatic heterocycles. The second kappa shape index (κ2) is 10.9. The number of carbonyl (C=O) groups excluding carboxylic acids is 2. The quantitative estimate of drug-likeness (QED) is 0.292. The average Bonchev–Trinajstić information content (AvgIpc) is 3.63. The summed E-state index contributed by atoms with van der Waals surface area (Å²) in [5, 5.41) is 2.76. The van der Waals surface area contributed by atoms with Gasteiger partial charge in [0, 0.05) is 24.6 Å². The smallest absolute Gasteiger partial charge is 0.410 e. The first-order valence-electron chi connectivity index (χ1n) is 12.3. The summed E-state index contributed by atoms with van der Waals surface area (Å²) >= 11 is 0. The first-order chi connectivity index (χ1) is 17.6. The Hall–Kier alpha value is -4.13. The van der Waals surface area contributed by atoms with Crippen molar-refractivity contribution in [3.05, 3.63) is 101 Å². The summed E-state index contributed by atoms with van der Waals surface area (Å²) in [6.45, 7) is 5.92. The maximum absolute atomic E-state index is 13.4. The van der Waals surface area contributed by atoms with Crippen molar-refractivity contribution in [3.8, 4) is 0 Å². The summed E-state index contributed by atoms with van der Waals surface area (Å²) in [6.07, 6.45) is 3.59. The van der Waals surface area contributed by atoms with E-state index in [1.165, 1.54) is 18.2 Å². The molecule has 37 heavy (non-hydrogen) atoms. The second-order valence-corrected chi connectivity index (χ2v) is 10.2. The number of halogens is 1. The third-order valence-corrected chi connectivity index (χ3v) is 6.06. The first-order valence-corrected chi connectivity index (χ1v) is 12.3. The first kappa shape index (κ1) is 25.9. The zero-order valence-electron chi connectivity index (χ0n) is 21.3. The summed E-state index contributed by atoms with van der Waals surface area (Å²) in [4.78, 5) is 27.1. The molecule has 1 fully saturated rings. The summed E-state index contributed by atoms with van der Waals surface area (Å²) in [5.41, 5.74) is 9.11. The Morgan fingerprint density at radius 3 is 2.38 bits per heavy atom. The molecular weight excluding hydrogens is 469 g/mol. The van der Waals surface area contributed by atoms with Gasteiger partial charge in [-0.05, 0) is 74.2 Å². The lowest BCUT2D eigenvalue weighted by molar-refractivity contribution is -0.111. The number of carbonyl (C=O) groups is 2. The zero-order chi connectivity index (χ0) is 26.6.